The maximum atomic E-state index is 5.20. The molecule has 1 heterocycles. The molecule has 0 bridgehead atoms. The van der Waals surface area contributed by atoms with E-state index in [0.29, 0.717) is 5.92 Å². The van der Waals surface area contributed by atoms with Gasteiger partial charge < -0.3 is 14.2 Å². The summed E-state index contributed by atoms with van der Waals surface area (Å²) in [7, 11) is 0. The monoisotopic (exact) mass is 186 g/mol. The van der Waals surface area contributed by atoms with Crippen LogP contribution < -0.4 is 0 Å². The zero-order valence-electron chi connectivity index (χ0n) is 8.36. The van der Waals surface area contributed by atoms with E-state index in [4.69, 9.17) is 14.2 Å². The Balaban J connectivity index is 1.90. The standard InChI is InChI=1S/C10H18O3/c1-3-9(2)4-6-11-8-13-10-5-7-12-10/h4,6,9-10H,3,5,7-8H2,1-2H3. The van der Waals surface area contributed by atoms with Gasteiger partial charge in [-0.2, -0.15) is 0 Å². The second-order valence-electron chi connectivity index (χ2n) is 3.25. The highest BCUT2D eigenvalue weighted by molar-refractivity contribution is 4.78. The summed E-state index contributed by atoms with van der Waals surface area (Å²) in [5, 5.41) is 0. The van der Waals surface area contributed by atoms with E-state index in [-0.39, 0.29) is 13.1 Å². The van der Waals surface area contributed by atoms with E-state index in [9.17, 15) is 0 Å². The summed E-state index contributed by atoms with van der Waals surface area (Å²) in [4.78, 5) is 0. The van der Waals surface area contributed by atoms with Crippen molar-refractivity contribution >= 4 is 0 Å². The van der Waals surface area contributed by atoms with Crippen LogP contribution >= 0.6 is 0 Å². The third-order valence-corrected chi connectivity index (χ3v) is 2.13. The van der Waals surface area contributed by atoms with Crippen LogP contribution in [0.2, 0.25) is 0 Å². The third-order valence-electron chi connectivity index (χ3n) is 2.13. The van der Waals surface area contributed by atoms with Gasteiger partial charge in [-0.25, -0.2) is 0 Å². The van der Waals surface area contributed by atoms with Gasteiger partial charge in [-0.05, 0) is 18.4 Å². The Morgan fingerprint density at radius 2 is 2.38 bits per heavy atom. The van der Waals surface area contributed by atoms with Gasteiger partial charge in [0.25, 0.3) is 0 Å². The molecule has 0 saturated carbocycles. The Labute approximate surface area is 79.7 Å². The smallest absolute Gasteiger partial charge is 0.191 e. The van der Waals surface area contributed by atoms with Gasteiger partial charge in [0.2, 0.25) is 0 Å². The lowest BCUT2D eigenvalue weighted by Crippen LogP contribution is -2.30. The van der Waals surface area contributed by atoms with Crippen molar-refractivity contribution in [1.29, 1.82) is 0 Å². The van der Waals surface area contributed by atoms with Crippen molar-refractivity contribution in [1.82, 2.24) is 0 Å². The SMILES string of the molecule is CCC(C)C=COCOC1CCO1. The van der Waals surface area contributed by atoms with Gasteiger partial charge in [-0.1, -0.05) is 13.8 Å². The first-order valence-electron chi connectivity index (χ1n) is 4.84. The second kappa shape index (κ2) is 6.00. The molecule has 0 spiro atoms. The molecule has 0 radical (unpaired) electrons. The fourth-order valence-corrected chi connectivity index (χ4v) is 0.826. The lowest BCUT2D eigenvalue weighted by molar-refractivity contribution is -0.242. The van der Waals surface area contributed by atoms with Gasteiger partial charge in [0.15, 0.2) is 13.1 Å². The van der Waals surface area contributed by atoms with Gasteiger partial charge in [-0.3, -0.25) is 0 Å². The molecule has 1 rings (SSSR count). The average molecular weight is 186 g/mol. The molecule has 1 aliphatic heterocycles. The predicted molar refractivity (Wildman–Crippen MR) is 50.0 cm³/mol. The molecule has 2 atom stereocenters. The van der Waals surface area contributed by atoms with Gasteiger partial charge in [0.1, 0.15) is 0 Å². The van der Waals surface area contributed by atoms with Crippen LogP contribution in [-0.2, 0) is 14.2 Å². The summed E-state index contributed by atoms with van der Waals surface area (Å²) < 4.78 is 15.4. The van der Waals surface area contributed by atoms with E-state index >= 15 is 0 Å². The first kappa shape index (κ1) is 10.5. The van der Waals surface area contributed by atoms with Gasteiger partial charge in [-0.15, -0.1) is 0 Å². The normalized spacial score (nSPS) is 24.3. The van der Waals surface area contributed by atoms with Crippen molar-refractivity contribution in [3.05, 3.63) is 12.3 Å². The third kappa shape index (κ3) is 4.29. The van der Waals surface area contributed by atoms with E-state index < -0.39 is 0 Å². The van der Waals surface area contributed by atoms with E-state index in [2.05, 4.69) is 13.8 Å². The van der Waals surface area contributed by atoms with Crippen molar-refractivity contribution in [2.75, 3.05) is 13.4 Å². The molecule has 0 aromatic rings. The zero-order valence-corrected chi connectivity index (χ0v) is 8.36. The first-order chi connectivity index (χ1) is 6.33. The Kier molecular flexibility index (Phi) is 4.86. The lowest BCUT2D eigenvalue weighted by Gasteiger charge is -2.25. The first-order valence-corrected chi connectivity index (χ1v) is 4.84. The Bertz CT molecular complexity index is 152. The summed E-state index contributed by atoms with van der Waals surface area (Å²) in [6.45, 7) is 5.40. The molecule has 3 heteroatoms. The molecule has 13 heavy (non-hydrogen) atoms. The Hall–Kier alpha value is -0.540. The average Bonchev–Trinajstić information content (AvgIpc) is 2.07. The molecule has 0 amide bonds. The fourth-order valence-electron chi connectivity index (χ4n) is 0.826. The van der Waals surface area contributed by atoms with Crippen LogP contribution in [-0.4, -0.2) is 19.7 Å². The molecular weight excluding hydrogens is 168 g/mol. The highest BCUT2D eigenvalue weighted by Crippen LogP contribution is 2.11. The topological polar surface area (TPSA) is 27.7 Å². The molecular formula is C10H18O3. The van der Waals surface area contributed by atoms with Crippen LogP contribution in [0.3, 0.4) is 0 Å². The quantitative estimate of drug-likeness (QED) is 0.362. The number of allylic oxidation sites excluding steroid dienone is 1. The molecule has 1 aliphatic rings. The minimum atomic E-state index is -0.0306. The van der Waals surface area contributed by atoms with Crippen molar-refractivity contribution < 1.29 is 14.2 Å². The van der Waals surface area contributed by atoms with Crippen LogP contribution in [0.5, 0.6) is 0 Å². The summed E-state index contributed by atoms with van der Waals surface area (Å²) >= 11 is 0. The van der Waals surface area contributed by atoms with Crippen molar-refractivity contribution in [2.45, 2.75) is 33.0 Å². The van der Waals surface area contributed by atoms with Crippen LogP contribution in [0.25, 0.3) is 0 Å². The van der Waals surface area contributed by atoms with Gasteiger partial charge >= 0.3 is 0 Å². The fraction of sp³-hybridized carbons (Fsp3) is 0.800. The van der Waals surface area contributed by atoms with E-state index in [1.807, 2.05) is 6.08 Å². The van der Waals surface area contributed by atoms with Crippen LogP contribution in [0.4, 0.5) is 0 Å². The number of hydrogen-bond acceptors (Lipinski definition) is 3. The highest BCUT2D eigenvalue weighted by Gasteiger charge is 2.17. The van der Waals surface area contributed by atoms with E-state index in [0.717, 1.165) is 19.4 Å². The lowest BCUT2D eigenvalue weighted by atomic mass is 10.1. The number of ether oxygens (including phenoxy) is 3. The molecule has 3 nitrogen and oxygen atoms in total. The van der Waals surface area contributed by atoms with E-state index in [1.165, 1.54) is 0 Å². The van der Waals surface area contributed by atoms with Crippen LogP contribution in [0, 0.1) is 5.92 Å². The molecule has 0 aromatic heterocycles. The molecule has 0 aromatic carbocycles. The summed E-state index contributed by atoms with van der Waals surface area (Å²) in [5.74, 6) is 0.569. The predicted octanol–water partition coefficient (Wildman–Crippen LogP) is 2.28. The number of hydrogen-bond donors (Lipinski definition) is 0. The Morgan fingerprint density at radius 1 is 1.62 bits per heavy atom. The van der Waals surface area contributed by atoms with Crippen LogP contribution in [0.15, 0.2) is 12.3 Å². The van der Waals surface area contributed by atoms with Crippen molar-refractivity contribution in [3.8, 4) is 0 Å². The zero-order chi connectivity index (χ0) is 9.52. The largest absolute Gasteiger partial charge is 0.475 e. The minimum absolute atomic E-state index is 0.0306. The number of rotatable bonds is 6. The molecule has 1 saturated heterocycles. The Morgan fingerprint density at radius 3 is 2.92 bits per heavy atom. The van der Waals surface area contributed by atoms with Gasteiger partial charge in [0.05, 0.1) is 12.9 Å². The van der Waals surface area contributed by atoms with E-state index in [1.54, 1.807) is 6.26 Å². The van der Waals surface area contributed by atoms with Crippen LogP contribution in [0.1, 0.15) is 26.7 Å². The summed E-state index contributed by atoms with van der Waals surface area (Å²) in [6.07, 6.45) is 5.82. The maximum absolute atomic E-state index is 5.20. The minimum Gasteiger partial charge on any atom is -0.475 e. The summed E-state index contributed by atoms with van der Waals surface area (Å²) in [6, 6.07) is 0. The van der Waals surface area contributed by atoms with Crippen molar-refractivity contribution in [3.63, 3.8) is 0 Å². The summed E-state index contributed by atoms with van der Waals surface area (Å²) in [5.41, 5.74) is 0. The molecule has 0 aliphatic carbocycles. The molecule has 0 N–H and O–H groups in total. The maximum Gasteiger partial charge on any atom is 0.191 e. The van der Waals surface area contributed by atoms with Gasteiger partial charge in [0, 0.05) is 6.42 Å². The second-order valence-corrected chi connectivity index (χ2v) is 3.25. The van der Waals surface area contributed by atoms with Crippen molar-refractivity contribution in [2.24, 2.45) is 5.92 Å². The highest BCUT2D eigenvalue weighted by atomic mass is 16.8. The molecule has 76 valence electrons. The molecule has 2 unspecified atom stereocenters. The molecule has 1 fully saturated rings.